The van der Waals surface area contributed by atoms with Crippen LogP contribution in [0.5, 0.6) is 0 Å². The Hall–Kier alpha value is -1.87. The van der Waals surface area contributed by atoms with Crippen LogP contribution in [0.3, 0.4) is 0 Å². The maximum atomic E-state index is 11.5. The molecule has 0 aliphatic heterocycles. The van der Waals surface area contributed by atoms with Crippen molar-refractivity contribution in [3.63, 3.8) is 0 Å². The number of fused-ring (bicyclic) bond motifs is 1. The topological polar surface area (TPSA) is 94.0 Å². The third-order valence-electron chi connectivity index (χ3n) is 3.28. The van der Waals surface area contributed by atoms with E-state index in [2.05, 4.69) is 46.5 Å². The van der Waals surface area contributed by atoms with Gasteiger partial charge in [0.2, 0.25) is 5.91 Å². The molecule has 2 rings (SSSR count). The number of aromatic nitrogens is 4. The van der Waals surface area contributed by atoms with Gasteiger partial charge in [0.1, 0.15) is 12.4 Å². The highest BCUT2D eigenvalue weighted by Gasteiger charge is 2.14. The average molecular weight is 366 g/mol. The zero-order valence-electron chi connectivity index (χ0n) is 15.2. The molecule has 0 saturated carbocycles. The molecule has 0 aliphatic rings. The number of nitrogens with one attached hydrogen (secondary N) is 2. The first-order valence-electron chi connectivity index (χ1n) is 8.44. The fraction of sp³-hybridized carbons (Fsp3) is 0.625. The molecule has 25 heavy (non-hydrogen) atoms. The van der Waals surface area contributed by atoms with Crippen LogP contribution in [0.4, 0.5) is 5.82 Å². The van der Waals surface area contributed by atoms with Crippen LogP contribution < -0.4 is 10.6 Å². The maximum absolute atomic E-state index is 11.5. The van der Waals surface area contributed by atoms with E-state index >= 15 is 0 Å². The van der Waals surface area contributed by atoms with Crippen LogP contribution in [-0.4, -0.2) is 57.7 Å². The van der Waals surface area contributed by atoms with Gasteiger partial charge in [-0.1, -0.05) is 32.5 Å². The fourth-order valence-corrected chi connectivity index (χ4v) is 2.93. The summed E-state index contributed by atoms with van der Waals surface area (Å²) in [5.41, 5.74) is 0.776. The highest BCUT2D eigenvalue weighted by atomic mass is 32.2. The number of amides is 1. The van der Waals surface area contributed by atoms with Crippen molar-refractivity contribution in [2.24, 2.45) is 0 Å². The molecule has 2 N–H and O–H groups in total. The molecule has 0 aromatic carbocycles. The molecule has 138 valence electrons. The van der Waals surface area contributed by atoms with Crippen molar-refractivity contribution in [3.8, 4) is 0 Å². The van der Waals surface area contributed by atoms with Crippen molar-refractivity contribution in [1.82, 2.24) is 25.1 Å². The highest BCUT2D eigenvalue weighted by Crippen LogP contribution is 2.26. The Morgan fingerprint density at radius 2 is 2.16 bits per heavy atom. The van der Waals surface area contributed by atoms with Crippen LogP contribution in [0.1, 0.15) is 27.2 Å². The molecule has 0 atom stereocenters. The van der Waals surface area contributed by atoms with E-state index in [0.717, 1.165) is 35.0 Å². The van der Waals surface area contributed by atoms with E-state index < -0.39 is 0 Å². The number of methoxy groups -OCH3 is 1. The molecular formula is C16H26N6O2S. The second-order valence-electron chi connectivity index (χ2n) is 5.84. The number of nitrogens with zero attached hydrogens (tertiary/aromatic N) is 4. The maximum Gasteiger partial charge on any atom is 0.246 e. The summed E-state index contributed by atoms with van der Waals surface area (Å²) in [6, 6.07) is 0. The summed E-state index contributed by atoms with van der Waals surface area (Å²) in [5.74, 6) is 0.666. The summed E-state index contributed by atoms with van der Waals surface area (Å²) >= 11 is 1.62. The van der Waals surface area contributed by atoms with Crippen molar-refractivity contribution in [2.75, 3.05) is 32.1 Å². The summed E-state index contributed by atoms with van der Waals surface area (Å²) in [6.45, 7) is 8.24. The first-order chi connectivity index (χ1) is 12.0. The van der Waals surface area contributed by atoms with E-state index in [1.807, 2.05) is 0 Å². The molecule has 0 fully saturated rings. The Morgan fingerprint density at radius 1 is 1.36 bits per heavy atom. The molecule has 9 heteroatoms. The summed E-state index contributed by atoms with van der Waals surface area (Å²) in [4.78, 5) is 20.8. The number of carbonyl (C=O) groups excluding carboxylic acids is 1. The van der Waals surface area contributed by atoms with Crippen LogP contribution in [0, 0.1) is 0 Å². The molecule has 0 saturated heterocycles. The monoisotopic (exact) mass is 366 g/mol. The minimum atomic E-state index is -0.144. The van der Waals surface area contributed by atoms with Gasteiger partial charge in [0.15, 0.2) is 10.8 Å². The fourth-order valence-electron chi connectivity index (χ4n) is 2.22. The lowest BCUT2D eigenvalue weighted by Crippen LogP contribution is -2.30. The van der Waals surface area contributed by atoms with Crippen molar-refractivity contribution in [1.29, 1.82) is 0 Å². The van der Waals surface area contributed by atoms with Crippen LogP contribution in [-0.2, 0) is 16.1 Å². The van der Waals surface area contributed by atoms with Crippen molar-refractivity contribution in [2.45, 2.75) is 44.1 Å². The number of thioether (sulfide) groups is 1. The van der Waals surface area contributed by atoms with Crippen LogP contribution in [0.2, 0.25) is 0 Å². The van der Waals surface area contributed by atoms with Gasteiger partial charge in [0, 0.05) is 25.4 Å². The van der Waals surface area contributed by atoms with E-state index in [1.165, 1.54) is 7.11 Å². The molecule has 1 amide bonds. The Kier molecular flexibility index (Phi) is 7.45. The normalized spacial score (nSPS) is 11.2. The third kappa shape index (κ3) is 5.57. The number of anilines is 1. The predicted octanol–water partition coefficient (Wildman–Crippen LogP) is 1.91. The molecule has 0 radical (unpaired) electrons. The lowest BCUT2D eigenvalue weighted by atomic mass is 10.3. The lowest BCUT2D eigenvalue weighted by molar-refractivity contribution is -0.124. The smallest absolute Gasteiger partial charge is 0.246 e. The molecule has 0 bridgehead atoms. The minimum absolute atomic E-state index is 0.0578. The number of hydrogen-bond acceptors (Lipinski definition) is 7. The molecule has 0 unspecified atom stereocenters. The zero-order valence-corrected chi connectivity index (χ0v) is 16.0. The Balaban J connectivity index is 2.21. The second-order valence-corrected chi connectivity index (χ2v) is 7.38. The number of rotatable bonds is 10. The van der Waals surface area contributed by atoms with Gasteiger partial charge in [-0.2, -0.15) is 5.10 Å². The van der Waals surface area contributed by atoms with Crippen LogP contribution in [0.15, 0.2) is 11.4 Å². The van der Waals surface area contributed by atoms with E-state index in [-0.39, 0.29) is 12.5 Å². The van der Waals surface area contributed by atoms with E-state index in [4.69, 9.17) is 4.74 Å². The average Bonchev–Trinajstić information content (AvgIpc) is 2.95. The molecule has 2 aromatic heterocycles. The standard InChI is InChI=1S/C16H26N6O2S/c1-5-6-18-14-12-9-19-22(8-7-17-13(23)10-24-4)15(12)21-16(20-14)25-11(2)3/h9,11H,5-8,10H2,1-4H3,(H,17,23)(H,18,20,21). The van der Waals surface area contributed by atoms with E-state index in [9.17, 15) is 4.79 Å². The number of ether oxygens (including phenoxy) is 1. The highest BCUT2D eigenvalue weighted by molar-refractivity contribution is 7.99. The van der Waals surface area contributed by atoms with Crippen molar-refractivity contribution in [3.05, 3.63) is 6.20 Å². The Morgan fingerprint density at radius 3 is 2.84 bits per heavy atom. The van der Waals surface area contributed by atoms with Gasteiger partial charge in [-0.15, -0.1) is 0 Å². The second kappa shape index (κ2) is 9.57. The van der Waals surface area contributed by atoms with E-state index in [0.29, 0.717) is 18.3 Å². The summed E-state index contributed by atoms with van der Waals surface area (Å²) in [7, 11) is 1.50. The minimum Gasteiger partial charge on any atom is -0.375 e. The quantitative estimate of drug-likeness (QED) is 0.490. The van der Waals surface area contributed by atoms with E-state index in [1.54, 1.807) is 22.6 Å². The molecule has 8 nitrogen and oxygen atoms in total. The third-order valence-corrected chi connectivity index (χ3v) is 4.15. The largest absolute Gasteiger partial charge is 0.375 e. The van der Waals surface area contributed by atoms with Gasteiger partial charge in [0.25, 0.3) is 0 Å². The predicted molar refractivity (Wildman–Crippen MR) is 100.0 cm³/mol. The van der Waals surface area contributed by atoms with Gasteiger partial charge in [-0.05, 0) is 6.42 Å². The van der Waals surface area contributed by atoms with Gasteiger partial charge in [-0.3, -0.25) is 4.79 Å². The molecule has 0 spiro atoms. The van der Waals surface area contributed by atoms with Gasteiger partial charge >= 0.3 is 0 Å². The first-order valence-corrected chi connectivity index (χ1v) is 9.32. The summed E-state index contributed by atoms with van der Waals surface area (Å²) in [6.07, 6.45) is 2.78. The van der Waals surface area contributed by atoms with Crippen molar-refractivity contribution < 1.29 is 9.53 Å². The zero-order chi connectivity index (χ0) is 18.2. The summed E-state index contributed by atoms with van der Waals surface area (Å²) < 4.78 is 6.60. The van der Waals surface area contributed by atoms with Gasteiger partial charge in [-0.25, -0.2) is 14.6 Å². The molecule has 2 aromatic rings. The Bertz CT molecular complexity index is 703. The van der Waals surface area contributed by atoms with Crippen molar-refractivity contribution >= 4 is 34.5 Å². The van der Waals surface area contributed by atoms with Crippen LogP contribution >= 0.6 is 11.8 Å². The van der Waals surface area contributed by atoms with Crippen LogP contribution in [0.25, 0.3) is 11.0 Å². The SMILES string of the molecule is CCCNc1nc(SC(C)C)nc2c1cnn2CCNC(=O)COC. The molecule has 0 aliphatic carbocycles. The van der Waals surface area contributed by atoms with Gasteiger partial charge in [0.05, 0.1) is 18.1 Å². The summed E-state index contributed by atoms with van der Waals surface area (Å²) in [5, 5.41) is 12.6. The molecular weight excluding hydrogens is 340 g/mol. The first kappa shape index (κ1) is 19.5. The molecule has 2 heterocycles. The Labute approximate surface area is 152 Å². The lowest BCUT2D eigenvalue weighted by Gasteiger charge is -2.10. The number of carbonyl (C=O) groups is 1. The van der Waals surface area contributed by atoms with Gasteiger partial charge < -0.3 is 15.4 Å². The number of hydrogen-bond donors (Lipinski definition) is 2.